The number of halogens is 1. The predicted molar refractivity (Wildman–Crippen MR) is 76.7 cm³/mol. The van der Waals surface area contributed by atoms with Gasteiger partial charge in [0.2, 0.25) is 10.0 Å². The van der Waals surface area contributed by atoms with Gasteiger partial charge < -0.3 is 4.74 Å². The lowest BCUT2D eigenvalue weighted by Crippen LogP contribution is -2.49. The third-order valence-electron chi connectivity index (χ3n) is 3.02. The number of carbonyl (C=O) groups excluding carboxylic acids is 1. The Morgan fingerprint density at radius 2 is 1.90 bits per heavy atom. The Balaban J connectivity index is 3.24. The third-order valence-corrected chi connectivity index (χ3v) is 4.58. The van der Waals surface area contributed by atoms with Crippen LogP contribution >= 0.6 is 0 Å². The van der Waals surface area contributed by atoms with Gasteiger partial charge in [0.25, 0.3) is 0 Å². The van der Waals surface area contributed by atoms with Gasteiger partial charge in [-0.2, -0.15) is 4.72 Å². The van der Waals surface area contributed by atoms with E-state index in [2.05, 4.69) is 9.46 Å². The lowest BCUT2D eigenvalue weighted by molar-refractivity contribution is -0.145. The van der Waals surface area contributed by atoms with Crippen LogP contribution in [0.15, 0.2) is 23.1 Å². The van der Waals surface area contributed by atoms with Gasteiger partial charge in [0.05, 0.1) is 12.0 Å². The lowest BCUT2D eigenvalue weighted by atomic mass is 9.87. The Morgan fingerprint density at radius 1 is 1.33 bits per heavy atom. The Labute approximate surface area is 124 Å². The zero-order valence-corrected chi connectivity index (χ0v) is 13.5. The van der Waals surface area contributed by atoms with Crippen LogP contribution in [0, 0.1) is 18.2 Å². The molecule has 0 bridgehead atoms. The SMILES string of the molecule is COC(=O)C(NS(=O)(=O)c1cc(F)ccc1C)C(C)(C)C. The molecule has 0 aliphatic carbocycles. The van der Waals surface area contributed by atoms with Crippen LogP contribution in [0.2, 0.25) is 0 Å². The summed E-state index contributed by atoms with van der Waals surface area (Å²) >= 11 is 0. The number of carbonyl (C=O) groups is 1. The lowest BCUT2D eigenvalue weighted by Gasteiger charge is -2.29. The Kier molecular flexibility index (Phi) is 5.11. The topological polar surface area (TPSA) is 72.5 Å². The highest BCUT2D eigenvalue weighted by molar-refractivity contribution is 7.89. The molecule has 0 amide bonds. The van der Waals surface area contributed by atoms with Crippen molar-refractivity contribution in [2.75, 3.05) is 7.11 Å². The molecule has 0 fully saturated rings. The number of benzene rings is 1. The molecule has 0 heterocycles. The molecule has 0 aliphatic rings. The van der Waals surface area contributed by atoms with Crippen molar-refractivity contribution in [1.82, 2.24) is 4.72 Å². The van der Waals surface area contributed by atoms with Gasteiger partial charge in [-0.05, 0) is 30.0 Å². The number of hydrogen-bond donors (Lipinski definition) is 1. The molecule has 0 spiro atoms. The monoisotopic (exact) mass is 317 g/mol. The van der Waals surface area contributed by atoms with Gasteiger partial charge in [0.1, 0.15) is 11.9 Å². The van der Waals surface area contributed by atoms with E-state index in [1.165, 1.54) is 19.2 Å². The summed E-state index contributed by atoms with van der Waals surface area (Å²) in [5.74, 6) is -1.36. The van der Waals surface area contributed by atoms with Crippen molar-refractivity contribution in [3.8, 4) is 0 Å². The number of methoxy groups -OCH3 is 1. The minimum Gasteiger partial charge on any atom is -0.468 e. The molecule has 1 aromatic carbocycles. The average molecular weight is 317 g/mol. The van der Waals surface area contributed by atoms with E-state index >= 15 is 0 Å². The molecule has 0 aliphatic heterocycles. The molecule has 1 atom stereocenters. The maximum absolute atomic E-state index is 13.3. The van der Waals surface area contributed by atoms with Gasteiger partial charge >= 0.3 is 5.97 Å². The van der Waals surface area contributed by atoms with Crippen molar-refractivity contribution in [2.45, 2.75) is 38.6 Å². The van der Waals surface area contributed by atoms with Crippen molar-refractivity contribution < 1.29 is 22.3 Å². The second kappa shape index (κ2) is 6.11. The maximum Gasteiger partial charge on any atom is 0.324 e. The average Bonchev–Trinajstić information content (AvgIpc) is 2.36. The molecule has 5 nitrogen and oxygen atoms in total. The number of sulfonamides is 1. The second-order valence-corrected chi connectivity index (χ2v) is 7.54. The first kappa shape index (κ1) is 17.6. The Morgan fingerprint density at radius 3 is 2.38 bits per heavy atom. The molecule has 0 saturated heterocycles. The Hall–Kier alpha value is -1.47. The molecular weight excluding hydrogens is 297 g/mol. The highest BCUT2D eigenvalue weighted by Gasteiger charge is 2.36. The summed E-state index contributed by atoms with van der Waals surface area (Å²) in [5, 5.41) is 0. The van der Waals surface area contributed by atoms with Gasteiger partial charge in [-0.25, -0.2) is 12.8 Å². The van der Waals surface area contributed by atoms with Crippen molar-refractivity contribution in [2.24, 2.45) is 5.41 Å². The van der Waals surface area contributed by atoms with E-state index in [4.69, 9.17) is 0 Å². The summed E-state index contributed by atoms with van der Waals surface area (Å²) in [7, 11) is -2.86. The van der Waals surface area contributed by atoms with Crippen LogP contribution in [-0.4, -0.2) is 27.5 Å². The summed E-state index contributed by atoms with van der Waals surface area (Å²) < 4.78 is 45.0. The minimum atomic E-state index is -4.04. The van der Waals surface area contributed by atoms with Crippen LogP contribution < -0.4 is 4.72 Å². The van der Waals surface area contributed by atoms with E-state index < -0.39 is 33.3 Å². The first-order valence-corrected chi connectivity index (χ1v) is 7.83. The molecular formula is C14H20FNO4S. The van der Waals surface area contributed by atoms with Gasteiger partial charge in [-0.15, -0.1) is 0 Å². The molecule has 1 aromatic rings. The van der Waals surface area contributed by atoms with Crippen molar-refractivity contribution >= 4 is 16.0 Å². The first-order chi connectivity index (χ1) is 9.49. The fourth-order valence-corrected chi connectivity index (χ4v) is 3.43. The van der Waals surface area contributed by atoms with Crippen molar-refractivity contribution in [3.63, 3.8) is 0 Å². The molecule has 7 heteroatoms. The number of nitrogens with one attached hydrogen (secondary N) is 1. The summed E-state index contributed by atoms with van der Waals surface area (Å²) in [6, 6.07) is 2.40. The van der Waals surface area contributed by atoms with Crippen LogP contribution in [0.5, 0.6) is 0 Å². The molecule has 1 unspecified atom stereocenters. The fraction of sp³-hybridized carbons (Fsp3) is 0.500. The molecule has 21 heavy (non-hydrogen) atoms. The smallest absolute Gasteiger partial charge is 0.324 e. The summed E-state index contributed by atoms with van der Waals surface area (Å²) in [6.45, 7) is 6.67. The van der Waals surface area contributed by atoms with Crippen LogP contribution in [0.25, 0.3) is 0 Å². The zero-order chi connectivity index (χ0) is 16.4. The summed E-state index contributed by atoms with van der Waals surface area (Å²) in [5.41, 5.74) is -0.303. The van der Waals surface area contributed by atoms with Crippen molar-refractivity contribution in [1.29, 1.82) is 0 Å². The normalized spacial score (nSPS) is 13.8. The van der Waals surface area contributed by atoms with E-state index in [-0.39, 0.29) is 4.90 Å². The van der Waals surface area contributed by atoms with Crippen LogP contribution in [0.1, 0.15) is 26.3 Å². The quantitative estimate of drug-likeness (QED) is 0.862. The zero-order valence-electron chi connectivity index (χ0n) is 12.7. The predicted octanol–water partition coefficient (Wildman–Crippen LogP) is 2.00. The largest absolute Gasteiger partial charge is 0.468 e. The van der Waals surface area contributed by atoms with Gasteiger partial charge in [-0.1, -0.05) is 26.8 Å². The third kappa shape index (κ3) is 4.25. The highest BCUT2D eigenvalue weighted by atomic mass is 32.2. The molecule has 0 aromatic heterocycles. The molecule has 0 saturated carbocycles. The van der Waals surface area contributed by atoms with Gasteiger partial charge in [0.15, 0.2) is 0 Å². The van der Waals surface area contributed by atoms with E-state index in [1.807, 2.05) is 0 Å². The van der Waals surface area contributed by atoms with E-state index in [1.54, 1.807) is 27.7 Å². The van der Waals surface area contributed by atoms with Crippen LogP contribution in [-0.2, 0) is 19.6 Å². The van der Waals surface area contributed by atoms with Crippen molar-refractivity contribution in [3.05, 3.63) is 29.6 Å². The Bertz CT molecular complexity index is 635. The van der Waals surface area contributed by atoms with E-state index in [9.17, 15) is 17.6 Å². The number of rotatable bonds is 4. The highest BCUT2D eigenvalue weighted by Crippen LogP contribution is 2.24. The van der Waals surface area contributed by atoms with E-state index in [0.717, 1.165) is 6.07 Å². The number of esters is 1. The van der Waals surface area contributed by atoms with Crippen LogP contribution in [0.4, 0.5) is 4.39 Å². The summed E-state index contributed by atoms with van der Waals surface area (Å²) in [6.07, 6.45) is 0. The number of aryl methyl sites for hydroxylation is 1. The second-order valence-electron chi connectivity index (χ2n) is 5.85. The van der Waals surface area contributed by atoms with E-state index in [0.29, 0.717) is 5.56 Å². The van der Waals surface area contributed by atoms with Gasteiger partial charge in [-0.3, -0.25) is 4.79 Å². The number of ether oxygens (including phenoxy) is 1. The van der Waals surface area contributed by atoms with Crippen LogP contribution in [0.3, 0.4) is 0 Å². The first-order valence-electron chi connectivity index (χ1n) is 6.35. The summed E-state index contributed by atoms with van der Waals surface area (Å²) in [4.78, 5) is 11.6. The minimum absolute atomic E-state index is 0.194. The number of hydrogen-bond acceptors (Lipinski definition) is 4. The molecule has 118 valence electrons. The maximum atomic E-state index is 13.3. The molecule has 1 rings (SSSR count). The standard InChI is InChI=1S/C14H20FNO4S/c1-9-6-7-10(15)8-11(9)21(18,19)16-12(13(17)20-5)14(2,3)4/h6-8,12,16H,1-5H3. The van der Waals surface area contributed by atoms with Gasteiger partial charge in [0, 0.05) is 0 Å². The molecule has 0 radical (unpaired) electrons. The fourth-order valence-electron chi connectivity index (χ4n) is 1.78. The molecule has 1 N–H and O–H groups in total.